The number of halogens is 1. The zero-order valence-corrected chi connectivity index (χ0v) is 13.6. The molecule has 0 aliphatic carbocycles. The Morgan fingerprint density at radius 1 is 1.40 bits per heavy atom. The second-order valence-electron chi connectivity index (χ2n) is 4.38. The van der Waals surface area contributed by atoms with Crippen LogP contribution in [0.25, 0.3) is 0 Å². The molecule has 0 saturated carbocycles. The molecule has 0 spiro atoms. The van der Waals surface area contributed by atoms with Crippen molar-refractivity contribution >= 4 is 33.2 Å². The maximum Gasteiger partial charge on any atom is 0.223 e. The summed E-state index contributed by atoms with van der Waals surface area (Å²) in [5.41, 5.74) is 1.15. The monoisotopic (exact) mass is 353 g/mol. The summed E-state index contributed by atoms with van der Waals surface area (Å²) in [6, 6.07) is 9.79. The molecule has 1 aromatic heterocycles. The number of ether oxygens (including phenoxy) is 1. The molecule has 0 saturated heterocycles. The number of hydrogen-bond donors (Lipinski definition) is 1. The van der Waals surface area contributed by atoms with Crippen molar-refractivity contribution in [2.45, 2.75) is 19.9 Å². The topological polar surface area (TPSA) is 38.3 Å². The van der Waals surface area contributed by atoms with Crippen LogP contribution < -0.4 is 10.1 Å². The van der Waals surface area contributed by atoms with Gasteiger partial charge in [-0.05, 0) is 52.0 Å². The minimum absolute atomic E-state index is 0.00190. The van der Waals surface area contributed by atoms with E-state index in [2.05, 4.69) is 21.2 Å². The Bertz CT molecular complexity index is 583. The lowest BCUT2D eigenvalue weighted by Crippen LogP contribution is -2.24. The van der Waals surface area contributed by atoms with Crippen LogP contribution in [0.3, 0.4) is 0 Å². The van der Waals surface area contributed by atoms with Crippen molar-refractivity contribution in [3.63, 3.8) is 0 Å². The van der Waals surface area contributed by atoms with Crippen LogP contribution in [0, 0.1) is 6.92 Å². The van der Waals surface area contributed by atoms with E-state index in [0.29, 0.717) is 19.6 Å². The van der Waals surface area contributed by atoms with Gasteiger partial charge < -0.3 is 10.1 Å². The van der Waals surface area contributed by atoms with Crippen LogP contribution in [0.15, 0.2) is 40.2 Å². The van der Waals surface area contributed by atoms with E-state index in [1.807, 2.05) is 42.6 Å². The van der Waals surface area contributed by atoms with Crippen LogP contribution in [0.5, 0.6) is 5.75 Å². The first-order chi connectivity index (χ1) is 9.65. The second kappa shape index (κ2) is 7.45. The Balaban J connectivity index is 1.69. The van der Waals surface area contributed by atoms with Crippen LogP contribution >= 0.6 is 27.3 Å². The van der Waals surface area contributed by atoms with Gasteiger partial charge in [-0.2, -0.15) is 0 Å². The van der Waals surface area contributed by atoms with E-state index in [1.165, 1.54) is 0 Å². The third-order valence-electron chi connectivity index (χ3n) is 2.72. The summed E-state index contributed by atoms with van der Waals surface area (Å²) in [4.78, 5) is 12.8. The van der Waals surface area contributed by atoms with Crippen molar-refractivity contribution in [3.8, 4) is 5.75 Å². The van der Waals surface area contributed by atoms with Gasteiger partial charge in [0.2, 0.25) is 5.91 Å². The summed E-state index contributed by atoms with van der Waals surface area (Å²) >= 11 is 5.06. The normalized spacial score (nSPS) is 10.3. The summed E-state index contributed by atoms with van der Waals surface area (Å²) in [6.45, 7) is 2.96. The first kappa shape index (κ1) is 15.1. The number of hydrogen-bond acceptors (Lipinski definition) is 3. The molecule has 0 bridgehead atoms. The van der Waals surface area contributed by atoms with E-state index < -0.39 is 0 Å². The number of amides is 1. The molecule has 1 heterocycles. The second-order valence-corrected chi connectivity index (χ2v) is 6.24. The molecule has 0 aliphatic rings. The van der Waals surface area contributed by atoms with Gasteiger partial charge in [-0.1, -0.05) is 12.1 Å². The number of thiophene rings is 1. The van der Waals surface area contributed by atoms with Crippen molar-refractivity contribution in [1.82, 2.24) is 5.32 Å². The molecule has 5 heteroatoms. The molecule has 0 atom stereocenters. The smallest absolute Gasteiger partial charge is 0.223 e. The number of rotatable bonds is 6. The molecule has 2 aromatic rings. The summed E-state index contributed by atoms with van der Waals surface area (Å²) in [7, 11) is 0. The molecule has 106 valence electrons. The third-order valence-corrected chi connectivity index (χ3v) is 4.65. The largest absolute Gasteiger partial charge is 0.493 e. The van der Waals surface area contributed by atoms with Gasteiger partial charge >= 0.3 is 0 Å². The van der Waals surface area contributed by atoms with Crippen LogP contribution in [0.4, 0.5) is 0 Å². The Kier molecular flexibility index (Phi) is 5.61. The quantitative estimate of drug-likeness (QED) is 0.854. The molecule has 0 fully saturated rings. The van der Waals surface area contributed by atoms with Crippen molar-refractivity contribution in [3.05, 3.63) is 50.6 Å². The van der Waals surface area contributed by atoms with Gasteiger partial charge in [0.05, 0.1) is 19.6 Å². The zero-order valence-electron chi connectivity index (χ0n) is 11.2. The van der Waals surface area contributed by atoms with Crippen molar-refractivity contribution in [1.29, 1.82) is 0 Å². The molecular weight excluding hydrogens is 338 g/mol. The molecule has 2 rings (SSSR count). The van der Waals surface area contributed by atoms with Crippen LogP contribution in [0.2, 0.25) is 0 Å². The van der Waals surface area contributed by atoms with Crippen molar-refractivity contribution in [2.24, 2.45) is 0 Å². The van der Waals surface area contributed by atoms with E-state index in [-0.39, 0.29) is 5.91 Å². The highest BCUT2D eigenvalue weighted by atomic mass is 79.9. The van der Waals surface area contributed by atoms with Crippen molar-refractivity contribution < 1.29 is 9.53 Å². The van der Waals surface area contributed by atoms with Gasteiger partial charge in [-0.25, -0.2) is 0 Å². The Hall–Kier alpha value is -1.33. The maximum absolute atomic E-state index is 11.7. The predicted octanol–water partition coefficient (Wildman–Crippen LogP) is 3.90. The number of carbonyl (C=O) groups is 1. The lowest BCUT2D eigenvalue weighted by atomic mass is 10.2. The highest BCUT2D eigenvalue weighted by Crippen LogP contribution is 2.22. The van der Waals surface area contributed by atoms with E-state index in [1.54, 1.807) is 11.3 Å². The van der Waals surface area contributed by atoms with Gasteiger partial charge in [0, 0.05) is 9.35 Å². The standard InChI is InChI=1S/C15H16BrNO2S/c1-11-3-2-4-12(9-11)19-7-5-15(18)17-10-14-13(16)6-8-20-14/h2-4,6,8-9H,5,7,10H2,1H3,(H,17,18). The summed E-state index contributed by atoms with van der Waals surface area (Å²) < 4.78 is 6.59. The van der Waals surface area contributed by atoms with Crippen molar-refractivity contribution in [2.75, 3.05) is 6.61 Å². The molecule has 1 amide bonds. The van der Waals surface area contributed by atoms with Gasteiger partial charge in [0.25, 0.3) is 0 Å². The minimum atomic E-state index is -0.00190. The fraction of sp³-hybridized carbons (Fsp3) is 0.267. The lowest BCUT2D eigenvalue weighted by molar-refractivity contribution is -0.121. The van der Waals surface area contributed by atoms with Gasteiger partial charge in [0.15, 0.2) is 0 Å². The average Bonchev–Trinajstić information content (AvgIpc) is 2.82. The van der Waals surface area contributed by atoms with E-state index in [9.17, 15) is 4.79 Å². The molecule has 1 aromatic carbocycles. The molecule has 0 unspecified atom stereocenters. The summed E-state index contributed by atoms with van der Waals surface area (Å²) in [5, 5.41) is 4.88. The van der Waals surface area contributed by atoms with E-state index >= 15 is 0 Å². The summed E-state index contributed by atoms with van der Waals surface area (Å²) in [6.07, 6.45) is 0.358. The van der Waals surface area contributed by atoms with E-state index in [0.717, 1.165) is 20.7 Å². The third kappa shape index (κ3) is 4.65. The molecular formula is C15H16BrNO2S. The molecule has 0 aliphatic heterocycles. The molecule has 1 N–H and O–H groups in total. The Morgan fingerprint density at radius 2 is 2.25 bits per heavy atom. The first-order valence-corrected chi connectivity index (χ1v) is 8.00. The van der Waals surface area contributed by atoms with Gasteiger partial charge in [-0.15, -0.1) is 11.3 Å². The maximum atomic E-state index is 11.7. The minimum Gasteiger partial charge on any atom is -0.493 e. The van der Waals surface area contributed by atoms with Crippen LogP contribution in [-0.2, 0) is 11.3 Å². The average molecular weight is 354 g/mol. The highest BCUT2D eigenvalue weighted by molar-refractivity contribution is 9.10. The number of aryl methyl sites for hydroxylation is 1. The number of nitrogens with one attached hydrogen (secondary N) is 1. The van der Waals surface area contributed by atoms with Gasteiger partial charge in [0.1, 0.15) is 5.75 Å². The van der Waals surface area contributed by atoms with Crippen LogP contribution in [-0.4, -0.2) is 12.5 Å². The zero-order chi connectivity index (χ0) is 14.4. The first-order valence-electron chi connectivity index (χ1n) is 6.33. The molecule has 20 heavy (non-hydrogen) atoms. The van der Waals surface area contributed by atoms with Crippen LogP contribution in [0.1, 0.15) is 16.9 Å². The van der Waals surface area contributed by atoms with Gasteiger partial charge in [-0.3, -0.25) is 4.79 Å². The van der Waals surface area contributed by atoms with E-state index in [4.69, 9.17) is 4.74 Å². The highest BCUT2D eigenvalue weighted by Gasteiger charge is 2.05. The summed E-state index contributed by atoms with van der Waals surface area (Å²) in [5.74, 6) is 0.803. The molecule has 0 radical (unpaired) electrons. The SMILES string of the molecule is Cc1cccc(OCCC(=O)NCc2sccc2Br)c1. The predicted molar refractivity (Wildman–Crippen MR) is 85.2 cm³/mol. The Labute approximate surface area is 131 Å². The molecule has 3 nitrogen and oxygen atoms in total. The lowest BCUT2D eigenvalue weighted by Gasteiger charge is -2.07. The Morgan fingerprint density at radius 3 is 2.95 bits per heavy atom. The number of carbonyl (C=O) groups excluding carboxylic acids is 1. The number of benzene rings is 1. The fourth-order valence-corrected chi connectivity index (χ4v) is 3.12. The fourth-order valence-electron chi connectivity index (χ4n) is 1.69.